The summed E-state index contributed by atoms with van der Waals surface area (Å²) in [7, 11) is 0. The Kier molecular flexibility index (Phi) is 6.70. The Bertz CT molecular complexity index is 922. The van der Waals surface area contributed by atoms with Gasteiger partial charge in [0, 0.05) is 31.6 Å². The number of anilines is 1. The van der Waals surface area contributed by atoms with Gasteiger partial charge in [-0.3, -0.25) is 9.59 Å². The van der Waals surface area contributed by atoms with E-state index in [-0.39, 0.29) is 17.4 Å². The summed E-state index contributed by atoms with van der Waals surface area (Å²) < 4.78 is 1.80. The van der Waals surface area contributed by atoms with Crippen molar-refractivity contribution in [2.45, 2.75) is 77.3 Å². The topological polar surface area (TPSA) is 67.2 Å². The van der Waals surface area contributed by atoms with Crippen molar-refractivity contribution in [1.82, 2.24) is 14.9 Å². The summed E-state index contributed by atoms with van der Waals surface area (Å²) in [4.78, 5) is 32.6. The van der Waals surface area contributed by atoms with Gasteiger partial charge in [-0.25, -0.2) is 4.98 Å². The van der Waals surface area contributed by atoms with Crippen LogP contribution in [0.5, 0.6) is 0 Å². The number of amides is 1. The second-order valence-electron chi connectivity index (χ2n) is 8.79. The predicted molar refractivity (Wildman–Crippen MR) is 121 cm³/mol. The molecule has 30 heavy (non-hydrogen) atoms. The molecule has 2 aromatic rings. The molecule has 2 heterocycles. The third-order valence-electron chi connectivity index (χ3n) is 6.77. The third kappa shape index (κ3) is 4.52. The lowest BCUT2D eigenvalue weighted by Gasteiger charge is -2.33. The van der Waals surface area contributed by atoms with Gasteiger partial charge in [0.2, 0.25) is 5.91 Å². The van der Waals surface area contributed by atoms with Crippen LogP contribution in [0.15, 0.2) is 29.1 Å². The molecule has 0 atom stereocenters. The fourth-order valence-corrected chi connectivity index (χ4v) is 4.97. The number of benzene rings is 1. The third-order valence-corrected chi connectivity index (χ3v) is 6.77. The Morgan fingerprint density at radius 3 is 2.40 bits per heavy atom. The number of carbonyl (C=O) groups is 1. The van der Waals surface area contributed by atoms with E-state index >= 15 is 0 Å². The number of aryl methyl sites for hydroxylation is 1. The molecule has 1 amide bonds. The van der Waals surface area contributed by atoms with E-state index < -0.39 is 0 Å². The minimum absolute atomic E-state index is 0.0337. The van der Waals surface area contributed by atoms with Gasteiger partial charge in [-0.15, -0.1) is 0 Å². The van der Waals surface area contributed by atoms with Crippen molar-refractivity contribution in [3.05, 3.63) is 34.6 Å². The molecule has 4 rings (SSSR count). The number of fused-ring (bicyclic) bond motifs is 1. The van der Waals surface area contributed by atoms with Gasteiger partial charge in [0.05, 0.1) is 11.0 Å². The summed E-state index contributed by atoms with van der Waals surface area (Å²) in [6.45, 7) is 4.01. The summed E-state index contributed by atoms with van der Waals surface area (Å²) in [5.74, 6) is 0.771. The number of piperidine rings is 1. The van der Waals surface area contributed by atoms with Gasteiger partial charge >= 0.3 is 0 Å². The minimum Gasteiger partial charge on any atom is -0.353 e. The molecular weight excluding hydrogens is 376 g/mol. The molecule has 162 valence electrons. The van der Waals surface area contributed by atoms with Gasteiger partial charge in [0.25, 0.3) is 5.56 Å². The zero-order valence-electron chi connectivity index (χ0n) is 18.1. The van der Waals surface area contributed by atoms with Crippen molar-refractivity contribution < 1.29 is 4.79 Å². The number of carbonyl (C=O) groups excluding carboxylic acids is 1. The van der Waals surface area contributed by atoms with E-state index in [0.717, 1.165) is 36.7 Å². The van der Waals surface area contributed by atoms with Crippen LogP contribution < -0.4 is 15.8 Å². The summed E-state index contributed by atoms with van der Waals surface area (Å²) >= 11 is 0. The van der Waals surface area contributed by atoms with Crippen molar-refractivity contribution >= 4 is 22.8 Å². The predicted octanol–water partition coefficient (Wildman–Crippen LogP) is 3.86. The second kappa shape index (κ2) is 9.63. The Morgan fingerprint density at radius 1 is 1.03 bits per heavy atom. The van der Waals surface area contributed by atoms with Gasteiger partial charge in [-0.05, 0) is 44.7 Å². The fourth-order valence-electron chi connectivity index (χ4n) is 4.97. The smallest absolute Gasteiger partial charge is 0.293 e. The van der Waals surface area contributed by atoms with E-state index in [9.17, 15) is 9.59 Å². The molecule has 0 bridgehead atoms. The number of rotatable bonds is 4. The molecule has 1 saturated carbocycles. The number of hydrogen-bond donors (Lipinski definition) is 1. The quantitative estimate of drug-likeness (QED) is 0.831. The van der Waals surface area contributed by atoms with Crippen molar-refractivity contribution in [1.29, 1.82) is 0 Å². The molecule has 6 nitrogen and oxygen atoms in total. The lowest BCUT2D eigenvalue weighted by Crippen LogP contribution is -2.45. The molecule has 1 aliphatic carbocycles. The number of nitrogens with one attached hydrogen (secondary N) is 1. The van der Waals surface area contributed by atoms with Gasteiger partial charge in [0.1, 0.15) is 0 Å². The molecule has 6 heteroatoms. The van der Waals surface area contributed by atoms with E-state index in [0.29, 0.717) is 31.5 Å². The van der Waals surface area contributed by atoms with Crippen LogP contribution in [0.3, 0.4) is 0 Å². The molecule has 0 unspecified atom stereocenters. The number of nitrogens with zero attached hydrogens (tertiary/aromatic N) is 3. The summed E-state index contributed by atoms with van der Waals surface area (Å²) in [5.41, 5.74) is 1.69. The largest absolute Gasteiger partial charge is 0.353 e. The summed E-state index contributed by atoms with van der Waals surface area (Å²) in [5, 5.41) is 3.33. The highest BCUT2D eigenvalue weighted by Crippen LogP contribution is 2.23. The van der Waals surface area contributed by atoms with E-state index in [2.05, 4.69) is 15.2 Å². The van der Waals surface area contributed by atoms with E-state index in [1.165, 1.54) is 32.1 Å². The number of hydrogen-bond acceptors (Lipinski definition) is 4. The standard InChI is InChI=1S/C24H34N4O2/c1-2-28-21-13-9-8-12-20(21)26-22(24(28)30)27-16-14-18(15-17-27)23(29)25-19-10-6-4-3-5-7-11-19/h8-9,12-13,18-19H,2-7,10-11,14-17H2,1H3,(H,25,29). The first-order chi connectivity index (χ1) is 14.7. The monoisotopic (exact) mass is 410 g/mol. The van der Waals surface area contributed by atoms with Crippen LogP contribution >= 0.6 is 0 Å². The highest BCUT2D eigenvalue weighted by atomic mass is 16.2. The molecule has 1 aromatic heterocycles. The molecule has 1 aliphatic heterocycles. The average molecular weight is 411 g/mol. The first-order valence-corrected chi connectivity index (χ1v) is 11.7. The molecule has 2 aliphatic rings. The van der Waals surface area contributed by atoms with Crippen LogP contribution in [0.4, 0.5) is 5.82 Å². The number of para-hydroxylation sites is 2. The normalized spacial score (nSPS) is 19.4. The highest BCUT2D eigenvalue weighted by Gasteiger charge is 2.28. The molecule has 0 spiro atoms. The molecular formula is C24H34N4O2. The Hall–Kier alpha value is -2.37. The van der Waals surface area contributed by atoms with Crippen LogP contribution in [0, 0.1) is 5.92 Å². The molecule has 0 radical (unpaired) electrons. The Morgan fingerprint density at radius 2 is 1.70 bits per heavy atom. The summed E-state index contributed by atoms with van der Waals surface area (Å²) in [6, 6.07) is 8.14. The molecule has 1 N–H and O–H groups in total. The van der Waals surface area contributed by atoms with Crippen LogP contribution in [0.25, 0.3) is 11.0 Å². The maximum Gasteiger partial charge on any atom is 0.293 e. The maximum atomic E-state index is 13.0. The van der Waals surface area contributed by atoms with Gasteiger partial charge in [-0.2, -0.15) is 0 Å². The average Bonchev–Trinajstić information content (AvgIpc) is 2.75. The van der Waals surface area contributed by atoms with Crippen LogP contribution in [-0.4, -0.2) is 34.6 Å². The minimum atomic E-state index is -0.0337. The first kappa shape index (κ1) is 20.9. The zero-order valence-corrected chi connectivity index (χ0v) is 18.1. The van der Waals surface area contributed by atoms with E-state index in [1.807, 2.05) is 31.2 Å². The Balaban J connectivity index is 1.41. The van der Waals surface area contributed by atoms with Crippen molar-refractivity contribution in [3.63, 3.8) is 0 Å². The SMILES string of the molecule is CCn1c(=O)c(N2CCC(C(=O)NC3CCCCCCC3)CC2)nc2ccccc21. The first-order valence-electron chi connectivity index (χ1n) is 11.7. The maximum absolute atomic E-state index is 13.0. The van der Waals surface area contributed by atoms with Gasteiger partial charge in [0.15, 0.2) is 5.82 Å². The molecule has 1 aromatic carbocycles. The van der Waals surface area contributed by atoms with Gasteiger partial charge in [-0.1, -0.05) is 44.2 Å². The van der Waals surface area contributed by atoms with Crippen LogP contribution in [0.1, 0.15) is 64.7 Å². The fraction of sp³-hybridized carbons (Fsp3) is 0.625. The highest BCUT2D eigenvalue weighted by molar-refractivity contribution is 5.79. The van der Waals surface area contributed by atoms with Crippen LogP contribution in [-0.2, 0) is 11.3 Å². The van der Waals surface area contributed by atoms with Gasteiger partial charge < -0.3 is 14.8 Å². The van der Waals surface area contributed by atoms with E-state index in [1.54, 1.807) is 4.57 Å². The van der Waals surface area contributed by atoms with Crippen molar-refractivity contribution in [2.75, 3.05) is 18.0 Å². The van der Waals surface area contributed by atoms with Crippen LogP contribution in [0.2, 0.25) is 0 Å². The van der Waals surface area contributed by atoms with Crippen molar-refractivity contribution in [2.24, 2.45) is 5.92 Å². The molecule has 2 fully saturated rings. The zero-order chi connectivity index (χ0) is 20.9. The lowest BCUT2D eigenvalue weighted by molar-refractivity contribution is -0.126. The van der Waals surface area contributed by atoms with Crippen molar-refractivity contribution in [3.8, 4) is 0 Å². The number of aromatic nitrogens is 2. The second-order valence-corrected chi connectivity index (χ2v) is 8.79. The Labute approximate surface area is 178 Å². The van der Waals surface area contributed by atoms with E-state index in [4.69, 9.17) is 0 Å². The summed E-state index contributed by atoms with van der Waals surface area (Å²) in [6.07, 6.45) is 10.1. The lowest BCUT2D eigenvalue weighted by atomic mass is 9.93. The molecule has 1 saturated heterocycles.